The molecule has 7 heteroatoms. The summed E-state index contributed by atoms with van der Waals surface area (Å²) in [5.41, 5.74) is 2.49. The van der Waals surface area contributed by atoms with E-state index in [1.165, 1.54) is 11.8 Å². The predicted molar refractivity (Wildman–Crippen MR) is 93.3 cm³/mol. The van der Waals surface area contributed by atoms with E-state index in [9.17, 15) is 9.59 Å². The molecule has 0 radical (unpaired) electrons. The van der Waals surface area contributed by atoms with E-state index >= 15 is 0 Å². The van der Waals surface area contributed by atoms with E-state index in [1.807, 2.05) is 16.7 Å². The molecule has 0 saturated carbocycles. The lowest BCUT2D eigenvalue weighted by Crippen LogP contribution is -2.10. The highest BCUT2D eigenvalue weighted by Crippen LogP contribution is 2.24. The Kier molecular flexibility index (Phi) is 5.10. The highest BCUT2D eigenvalue weighted by molar-refractivity contribution is 7.99. The Morgan fingerprint density at radius 3 is 3.12 bits per heavy atom. The molecule has 1 N–H and O–H groups in total. The first kappa shape index (κ1) is 16.4. The number of aryl methyl sites for hydroxylation is 1. The lowest BCUT2D eigenvalue weighted by molar-refractivity contribution is -0.116. The van der Waals surface area contributed by atoms with Gasteiger partial charge in [0.05, 0.1) is 5.75 Å². The molecule has 1 aromatic carbocycles. The first-order valence-electron chi connectivity index (χ1n) is 7.75. The average molecular weight is 342 g/mol. The fourth-order valence-corrected chi connectivity index (χ4v) is 3.40. The molecular weight excluding hydrogens is 324 g/mol. The SMILES string of the molecule is C=CCn1cnnc1SCC(=O)c1ccc2c(c1)CCCC(=O)N2. The smallest absolute Gasteiger partial charge is 0.224 e. The van der Waals surface area contributed by atoms with Crippen LogP contribution in [-0.2, 0) is 17.8 Å². The van der Waals surface area contributed by atoms with E-state index in [4.69, 9.17) is 0 Å². The molecule has 1 aliphatic rings. The molecule has 0 spiro atoms. The molecule has 0 bridgehead atoms. The summed E-state index contributed by atoms with van der Waals surface area (Å²) in [6, 6.07) is 5.47. The maximum absolute atomic E-state index is 12.5. The van der Waals surface area contributed by atoms with Crippen molar-refractivity contribution in [2.45, 2.75) is 31.0 Å². The van der Waals surface area contributed by atoms with Crippen LogP contribution < -0.4 is 5.32 Å². The van der Waals surface area contributed by atoms with Crippen molar-refractivity contribution in [2.75, 3.05) is 11.1 Å². The molecule has 2 aromatic rings. The Morgan fingerprint density at radius 2 is 2.29 bits per heavy atom. The van der Waals surface area contributed by atoms with Crippen molar-refractivity contribution in [3.63, 3.8) is 0 Å². The third-order valence-corrected chi connectivity index (χ3v) is 4.77. The van der Waals surface area contributed by atoms with Gasteiger partial charge in [-0.2, -0.15) is 0 Å². The maximum atomic E-state index is 12.5. The number of ketones is 1. The molecule has 1 amide bonds. The lowest BCUT2D eigenvalue weighted by Gasteiger charge is -2.09. The van der Waals surface area contributed by atoms with Gasteiger partial charge in [-0.15, -0.1) is 16.8 Å². The summed E-state index contributed by atoms with van der Waals surface area (Å²) in [6.45, 7) is 4.30. The molecule has 2 heterocycles. The Morgan fingerprint density at radius 1 is 1.42 bits per heavy atom. The third-order valence-electron chi connectivity index (χ3n) is 3.79. The van der Waals surface area contributed by atoms with E-state index < -0.39 is 0 Å². The summed E-state index contributed by atoms with van der Waals surface area (Å²) >= 11 is 1.36. The fraction of sp³-hybridized carbons (Fsp3) is 0.294. The van der Waals surface area contributed by atoms with Crippen LogP contribution in [-0.4, -0.2) is 32.2 Å². The molecule has 0 unspecified atom stereocenters. The minimum absolute atomic E-state index is 0.0323. The van der Waals surface area contributed by atoms with E-state index in [0.29, 0.717) is 29.4 Å². The highest BCUT2D eigenvalue weighted by atomic mass is 32.2. The Balaban J connectivity index is 1.69. The predicted octanol–water partition coefficient (Wildman–Crippen LogP) is 2.71. The third kappa shape index (κ3) is 3.73. The molecule has 0 fully saturated rings. The van der Waals surface area contributed by atoms with Crippen LogP contribution in [0.4, 0.5) is 5.69 Å². The maximum Gasteiger partial charge on any atom is 0.224 e. The second kappa shape index (κ2) is 7.44. The van der Waals surface area contributed by atoms with Crippen molar-refractivity contribution in [1.29, 1.82) is 0 Å². The van der Waals surface area contributed by atoms with Gasteiger partial charge >= 0.3 is 0 Å². The van der Waals surface area contributed by atoms with Crippen molar-refractivity contribution in [2.24, 2.45) is 0 Å². The second-order valence-corrected chi connectivity index (χ2v) is 6.48. The summed E-state index contributed by atoms with van der Waals surface area (Å²) in [4.78, 5) is 24.0. The van der Waals surface area contributed by atoms with Gasteiger partial charge in [-0.1, -0.05) is 17.8 Å². The molecule has 1 aromatic heterocycles. The van der Waals surface area contributed by atoms with E-state index in [-0.39, 0.29) is 11.7 Å². The number of allylic oxidation sites excluding steroid dienone is 1. The van der Waals surface area contributed by atoms with Crippen LogP contribution in [0.3, 0.4) is 0 Å². The van der Waals surface area contributed by atoms with Gasteiger partial charge in [-0.3, -0.25) is 9.59 Å². The van der Waals surface area contributed by atoms with E-state index in [0.717, 1.165) is 24.1 Å². The number of thioether (sulfide) groups is 1. The van der Waals surface area contributed by atoms with Crippen LogP contribution in [0.2, 0.25) is 0 Å². The van der Waals surface area contributed by atoms with Gasteiger partial charge in [0.2, 0.25) is 5.91 Å². The largest absolute Gasteiger partial charge is 0.326 e. The zero-order valence-corrected chi connectivity index (χ0v) is 14.0. The topological polar surface area (TPSA) is 76.9 Å². The number of hydrogen-bond acceptors (Lipinski definition) is 5. The lowest BCUT2D eigenvalue weighted by atomic mass is 10.0. The number of Topliss-reactive ketones (excluding diaryl/α,β-unsaturated/α-hetero) is 1. The quantitative estimate of drug-likeness (QED) is 0.496. The number of nitrogens with one attached hydrogen (secondary N) is 1. The van der Waals surface area contributed by atoms with Crippen LogP contribution in [0.1, 0.15) is 28.8 Å². The van der Waals surface area contributed by atoms with Gasteiger partial charge in [-0.25, -0.2) is 0 Å². The zero-order chi connectivity index (χ0) is 16.9. The molecule has 124 valence electrons. The van der Waals surface area contributed by atoms with Gasteiger partial charge < -0.3 is 9.88 Å². The number of aromatic nitrogens is 3. The van der Waals surface area contributed by atoms with Gasteiger partial charge in [0.1, 0.15) is 6.33 Å². The number of carbonyl (C=O) groups is 2. The van der Waals surface area contributed by atoms with Crippen LogP contribution in [0.25, 0.3) is 0 Å². The van der Waals surface area contributed by atoms with E-state index in [1.54, 1.807) is 18.5 Å². The van der Waals surface area contributed by atoms with Gasteiger partial charge in [-0.05, 0) is 36.6 Å². The molecular formula is C17H18N4O2S. The normalized spacial score (nSPS) is 13.8. The standard InChI is InChI=1S/C17H18N4O2S/c1-2-8-21-11-18-20-17(21)24-10-15(22)13-6-7-14-12(9-13)4-3-5-16(23)19-14/h2,6-7,9,11H,1,3-5,8,10H2,(H,19,23). The van der Waals surface area contributed by atoms with Gasteiger partial charge in [0, 0.05) is 24.2 Å². The highest BCUT2D eigenvalue weighted by Gasteiger charge is 2.16. The van der Waals surface area contributed by atoms with Crippen molar-refractivity contribution in [3.05, 3.63) is 48.3 Å². The Labute approximate surface area is 144 Å². The van der Waals surface area contributed by atoms with Gasteiger partial charge in [0.15, 0.2) is 10.9 Å². The molecule has 1 aliphatic heterocycles. The summed E-state index contributed by atoms with van der Waals surface area (Å²) in [5.74, 6) is 0.359. The molecule has 6 nitrogen and oxygen atoms in total. The number of rotatable bonds is 6. The monoisotopic (exact) mass is 342 g/mol. The second-order valence-electron chi connectivity index (χ2n) is 5.54. The fourth-order valence-electron chi connectivity index (χ4n) is 2.58. The Hall–Kier alpha value is -2.41. The molecule has 0 atom stereocenters. The van der Waals surface area contributed by atoms with Crippen molar-refractivity contribution in [3.8, 4) is 0 Å². The summed E-state index contributed by atoms with van der Waals surface area (Å²) in [7, 11) is 0. The number of hydrogen-bond donors (Lipinski definition) is 1. The molecule has 24 heavy (non-hydrogen) atoms. The number of carbonyl (C=O) groups excluding carboxylic acids is 2. The first-order valence-corrected chi connectivity index (χ1v) is 8.73. The summed E-state index contributed by atoms with van der Waals surface area (Å²) < 4.78 is 1.84. The number of fused-ring (bicyclic) bond motifs is 1. The number of amides is 1. The minimum Gasteiger partial charge on any atom is -0.326 e. The van der Waals surface area contributed by atoms with Crippen molar-refractivity contribution < 1.29 is 9.59 Å². The van der Waals surface area contributed by atoms with Crippen molar-refractivity contribution >= 4 is 29.1 Å². The van der Waals surface area contributed by atoms with Crippen LogP contribution in [0.5, 0.6) is 0 Å². The van der Waals surface area contributed by atoms with Crippen LogP contribution >= 0.6 is 11.8 Å². The van der Waals surface area contributed by atoms with Gasteiger partial charge in [0.25, 0.3) is 0 Å². The zero-order valence-electron chi connectivity index (χ0n) is 13.2. The number of benzene rings is 1. The van der Waals surface area contributed by atoms with Crippen LogP contribution in [0.15, 0.2) is 42.3 Å². The van der Waals surface area contributed by atoms with E-state index in [2.05, 4.69) is 22.1 Å². The number of nitrogens with zero attached hydrogens (tertiary/aromatic N) is 3. The molecule has 3 rings (SSSR count). The Bertz CT molecular complexity index is 785. The van der Waals surface area contributed by atoms with Crippen molar-refractivity contribution in [1.82, 2.24) is 14.8 Å². The molecule has 0 saturated heterocycles. The number of anilines is 1. The molecule has 0 aliphatic carbocycles. The average Bonchev–Trinajstić information content (AvgIpc) is 2.92. The summed E-state index contributed by atoms with van der Waals surface area (Å²) in [5, 5.41) is 11.5. The summed E-state index contributed by atoms with van der Waals surface area (Å²) in [6.07, 6.45) is 5.51. The first-order chi connectivity index (χ1) is 11.7. The van der Waals surface area contributed by atoms with Crippen LogP contribution in [0, 0.1) is 0 Å². The minimum atomic E-state index is 0.0323.